The minimum absolute atomic E-state index is 0.355. The third kappa shape index (κ3) is 3.74. The first-order valence-corrected chi connectivity index (χ1v) is 9.11. The highest BCUT2D eigenvalue weighted by atomic mass is 32.2. The lowest BCUT2D eigenvalue weighted by Crippen LogP contribution is -2.36. The molecular formula is C19H23NO3S. The van der Waals surface area contributed by atoms with Crippen molar-refractivity contribution >= 4 is 11.8 Å². The van der Waals surface area contributed by atoms with Gasteiger partial charge in [0.25, 0.3) is 0 Å². The normalized spacial score (nSPS) is 16.8. The summed E-state index contributed by atoms with van der Waals surface area (Å²) in [5.41, 5.74) is 1.88. The molecule has 0 unspecified atom stereocenters. The monoisotopic (exact) mass is 345 g/mol. The predicted octanol–water partition coefficient (Wildman–Crippen LogP) is 4.03. The minimum atomic E-state index is -0.355. The summed E-state index contributed by atoms with van der Waals surface area (Å²) in [7, 11) is 3.44. The molecule has 2 heterocycles. The summed E-state index contributed by atoms with van der Waals surface area (Å²) in [5.74, 6) is 1.66. The van der Waals surface area contributed by atoms with Crippen LogP contribution in [0, 0.1) is 0 Å². The molecule has 1 aliphatic rings. The molecule has 1 aliphatic heterocycles. The number of rotatable bonds is 6. The van der Waals surface area contributed by atoms with Crippen LogP contribution in [-0.4, -0.2) is 32.4 Å². The molecule has 24 heavy (non-hydrogen) atoms. The van der Waals surface area contributed by atoms with Crippen LogP contribution in [0.5, 0.6) is 5.75 Å². The minimum Gasteiger partial charge on any atom is -0.494 e. The quantitative estimate of drug-likeness (QED) is 0.739. The fourth-order valence-corrected chi connectivity index (χ4v) is 3.88. The van der Waals surface area contributed by atoms with Gasteiger partial charge in [-0.1, -0.05) is 42.1 Å². The number of nitrogens with zero attached hydrogens (tertiary/aromatic N) is 1. The molecule has 0 radical (unpaired) electrons. The van der Waals surface area contributed by atoms with Crippen molar-refractivity contribution in [3.8, 4) is 5.75 Å². The van der Waals surface area contributed by atoms with E-state index in [4.69, 9.17) is 19.2 Å². The Hall–Kier alpha value is -1.56. The summed E-state index contributed by atoms with van der Waals surface area (Å²) in [6.07, 6.45) is 1.65. The van der Waals surface area contributed by atoms with Crippen LogP contribution in [0.1, 0.15) is 24.1 Å². The largest absolute Gasteiger partial charge is 0.494 e. The van der Waals surface area contributed by atoms with Gasteiger partial charge in [0.1, 0.15) is 10.6 Å². The van der Waals surface area contributed by atoms with Crippen molar-refractivity contribution < 1.29 is 14.2 Å². The van der Waals surface area contributed by atoms with E-state index in [0.717, 1.165) is 35.1 Å². The maximum atomic E-state index is 5.86. The van der Waals surface area contributed by atoms with Crippen LogP contribution in [0.15, 0.2) is 47.5 Å². The first-order chi connectivity index (χ1) is 11.8. The molecule has 0 atom stereocenters. The second-order valence-corrected chi connectivity index (χ2v) is 6.75. The van der Waals surface area contributed by atoms with Gasteiger partial charge in [-0.3, -0.25) is 0 Å². The van der Waals surface area contributed by atoms with Crippen molar-refractivity contribution in [3.63, 3.8) is 0 Å². The topological polar surface area (TPSA) is 40.6 Å². The van der Waals surface area contributed by atoms with E-state index in [1.165, 1.54) is 5.56 Å². The Bertz CT molecular complexity index is 657. The zero-order valence-electron chi connectivity index (χ0n) is 14.2. The average Bonchev–Trinajstić information content (AvgIpc) is 2.67. The standard InChI is InChI=1S/C19H23NO3S/c1-21-16-8-9-17(19(22-2)10-12-23-13-11-19)20-18(16)24-14-15-6-4-3-5-7-15/h3-9H,10-14H2,1-2H3. The Labute approximate surface area is 147 Å². The van der Waals surface area contributed by atoms with Gasteiger partial charge in [0.2, 0.25) is 0 Å². The Morgan fingerprint density at radius 1 is 1.08 bits per heavy atom. The molecule has 128 valence electrons. The third-order valence-electron chi connectivity index (χ3n) is 4.42. The zero-order chi connectivity index (χ0) is 16.8. The molecule has 0 amide bonds. The number of hydrogen-bond donors (Lipinski definition) is 0. The molecule has 0 bridgehead atoms. The van der Waals surface area contributed by atoms with E-state index >= 15 is 0 Å². The number of ether oxygens (including phenoxy) is 3. The van der Waals surface area contributed by atoms with Crippen molar-refractivity contribution in [1.29, 1.82) is 0 Å². The molecule has 3 rings (SSSR count). The van der Waals surface area contributed by atoms with Crippen LogP contribution < -0.4 is 4.74 Å². The van der Waals surface area contributed by atoms with E-state index in [9.17, 15) is 0 Å². The molecule has 1 saturated heterocycles. The van der Waals surface area contributed by atoms with Gasteiger partial charge >= 0.3 is 0 Å². The van der Waals surface area contributed by atoms with Gasteiger partial charge in [-0.2, -0.15) is 0 Å². The first-order valence-electron chi connectivity index (χ1n) is 8.12. The summed E-state index contributed by atoms with van der Waals surface area (Å²) >= 11 is 1.69. The number of thioether (sulfide) groups is 1. The van der Waals surface area contributed by atoms with Crippen LogP contribution in [0.3, 0.4) is 0 Å². The van der Waals surface area contributed by atoms with Crippen molar-refractivity contribution in [3.05, 3.63) is 53.7 Å². The van der Waals surface area contributed by atoms with Crippen LogP contribution in [0.2, 0.25) is 0 Å². The number of benzene rings is 1. The first kappa shape index (κ1) is 17.3. The Morgan fingerprint density at radius 3 is 2.50 bits per heavy atom. The van der Waals surface area contributed by atoms with Crippen LogP contribution in [-0.2, 0) is 20.8 Å². The zero-order valence-corrected chi connectivity index (χ0v) is 15.0. The molecule has 0 N–H and O–H groups in total. The highest BCUT2D eigenvalue weighted by Crippen LogP contribution is 2.38. The second-order valence-electron chi connectivity index (χ2n) is 5.79. The fraction of sp³-hybridized carbons (Fsp3) is 0.421. The van der Waals surface area contributed by atoms with E-state index < -0.39 is 0 Å². The molecule has 1 fully saturated rings. The number of pyridine rings is 1. The molecule has 5 heteroatoms. The molecule has 1 aromatic carbocycles. The molecule has 0 saturated carbocycles. The van der Waals surface area contributed by atoms with Gasteiger partial charge in [0, 0.05) is 38.9 Å². The van der Waals surface area contributed by atoms with E-state index in [2.05, 4.69) is 24.3 Å². The number of hydrogen-bond acceptors (Lipinski definition) is 5. The molecule has 4 nitrogen and oxygen atoms in total. The molecule has 1 aromatic heterocycles. The number of aromatic nitrogens is 1. The summed E-state index contributed by atoms with van der Waals surface area (Å²) < 4.78 is 16.8. The van der Waals surface area contributed by atoms with E-state index in [0.29, 0.717) is 13.2 Å². The Kier molecular flexibility index (Phi) is 5.76. The molecule has 0 spiro atoms. The highest BCUT2D eigenvalue weighted by Gasteiger charge is 2.36. The van der Waals surface area contributed by atoms with E-state index in [1.54, 1.807) is 26.0 Å². The number of methoxy groups -OCH3 is 2. The molecule has 2 aromatic rings. The summed E-state index contributed by atoms with van der Waals surface area (Å²) in [6.45, 7) is 1.40. The van der Waals surface area contributed by atoms with Gasteiger partial charge in [-0.05, 0) is 17.7 Å². The summed E-state index contributed by atoms with van der Waals surface area (Å²) in [6, 6.07) is 14.4. The summed E-state index contributed by atoms with van der Waals surface area (Å²) in [5, 5.41) is 0.904. The Balaban J connectivity index is 1.84. The average molecular weight is 345 g/mol. The van der Waals surface area contributed by atoms with Gasteiger partial charge in [0.15, 0.2) is 5.75 Å². The van der Waals surface area contributed by atoms with Gasteiger partial charge in [0.05, 0.1) is 12.8 Å². The lowest BCUT2D eigenvalue weighted by molar-refractivity contribution is -0.0976. The maximum Gasteiger partial charge on any atom is 0.151 e. The lowest BCUT2D eigenvalue weighted by Gasteiger charge is -2.35. The second kappa shape index (κ2) is 8.01. The smallest absolute Gasteiger partial charge is 0.151 e. The van der Waals surface area contributed by atoms with Crippen LogP contribution in [0.4, 0.5) is 0 Å². The SMILES string of the molecule is COc1ccc(C2(OC)CCOCC2)nc1SCc1ccccc1. The lowest BCUT2D eigenvalue weighted by atomic mass is 9.90. The molecule has 0 aliphatic carbocycles. The predicted molar refractivity (Wildman–Crippen MR) is 95.5 cm³/mol. The fourth-order valence-electron chi connectivity index (χ4n) is 2.93. The van der Waals surface area contributed by atoms with Gasteiger partial charge in [-0.15, -0.1) is 0 Å². The van der Waals surface area contributed by atoms with E-state index in [-0.39, 0.29) is 5.60 Å². The third-order valence-corrected chi connectivity index (χ3v) is 5.47. The molecular weight excluding hydrogens is 322 g/mol. The van der Waals surface area contributed by atoms with Crippen molar-refractivity contribution in [2.24, 2.45) is 0 Å². The van der Waals surface area contributed by atoms with Gasteiger partial charge < -0.3 is 14.2 Å². The van der Waals surface area contributed by atoms with Gasteiger partial charge in [-0.25, -0.2) is 4.98 Å². The maximum absolute atomic E-state index is 5.86. The highest BCUT2D eigenvalue weighted by molar-refractivity contribution is 7.98. The Morgan fingerprint density at radius 2 is 1.83 bits per heavy atom. The van der Waals surface area contributed by atoms with Crippen molar-refractivity contribution in [2.75, 3.05) is 27.4 Å². The van der Waals surface area contributed by atoms with Crippen molar-refractivity contribution in [1.82, 2.24) is 4.98 Å². The van der Waals surface area contributed by atoms with E-state index in [1.807, 2.05) is 18.2 Å². The van der Waals surface area contributed by atoms with Crippen LogP contribution >= 0.6 is 11.8 Å². The van der Waals surface area contributed by atoms with Crippen LogP contribution in [0.25, 0.3) is 0 Å². The summed E-state index contributed by atoms with van der Waals surface area (Å²) in [4.78, 5) is 4.88. The van der Waals surface area contributed by atoms with Crippen molar-refractivity contribution in [2.45, 2.75) is 29.2 Å².